The minimum atomic E-state index is 0.896. The number of rotatable bonds is 2. The van der Waals surface area contributed by atoms with Crippen LogP contribution in [-0.4, -0.2) is 22.0 Å². The smallest absolute Gasteiger partial charge is 0.139 e. The van der Waals surface area contributed by atoms with E-state index in [0.29, 0.717) is 0 Å². The maximum Gasteiger partial charge on any atom is 0.139 e. The Bertz CT molecular complexity index is 630. The summed E-state index contributed by atoms with van der Waals surface area (Å²) in [4.78, 5) is 13.8. The van der Waals surface area contributed by atoms with Crippen LogP contribution in [0.3, 0.4) is 0 Å². The van der Waals surface area contributed by atoms with E-state index >= 15 is 0 Å². The van der Waals surface area contributed by atoms with Gasteiger partial charge in [-0.05, 0) is 30.3 Å². The summed E-state index contributed by atoms with van der Waals surface area (Å²) in [5.74, 6) is 0.896. The highest BCUT2D eigenvalue weighted by Gasteiger charge is 2.06. The standard InChI is InChI=1S/C13H12N4/c1-17(11-3-2-7-14-9-11)12-5-4-10-6-8-15-13(10)16-12/h2-9H,1H3,(H,15,16). The van der Waals surface area contributed by atoms with Gasteiger partial charge in [0.25, 0.3) is 0 Å². The van der Waals surface area contributed by atoms with Gasteiger partial charge < -0.3 is 9.88 Å². The molecule has 0 aromatic carbocycles. The van der Waals surface area contributed by atoms with Crippen LogP contribution in [0.1, 0.15) is 0 Å². The Morgan fingerprint density at radius 2 is 2.12 bits per heavy atom. The van der Waals surface area contributed by atoms with Crippen molar-refractivity contribution in [3.05, 3.63) is 48.9 Å². The zero-order chi connectivity index (χ0) is 11.7. The minimum absolute atomic E-state index is 0.896. The molecule has 0 aliphatic heterocycles. The summed E-state index contributed by atoms with van der Waals surface area (Å²) in [7, 11) is 1.98. The lowest BCUT2D eigenvalue weighted by Crippen LogP contribution is -2.11. The monoisotopic (exact) mass is 224 g/mol. The fourth-order valence-electron chi connectivity index (χ4n) is 1.79. The van der Waals surface area contributed by atoms with Crippen molar-refractivity contribution in [3.8, 4) is 0 Å². The van der Waals surface area contributed by atoms with Gasteiger partial charge in [0.05, 0.1) is 11.9 Å². The summed E-state index contributed by atoms with van der Waals surface area (Å²) < 4.78 is 0. The fraction of sp³-hybridized carbons (Fsp3) is 0.0769. The summed E-state index contributed by atoms with van der Waals surface area (Å²) in [6.07, 6.45) is 5.48. The van der Waals surface area contributed by atoms with Crippen molar-refractivity contribution in [3.63, 3.8) is 0 Å². The average molecular weight is 224 g/mol. The van der Waals surface area contributed by atoms with Gasteiger partial charge in [0.2, 0.25) is 0 Å². The summed E-state index contributed by atoms with van der Waals surface area (Å²) in [6, 6.07) is 9.99. The molecule has 3 heterocycles. The van der Waals surface area contributed by atoms with Crippen LogP contribution in [0.15, 0.2) is 48.9 Å². The molecule has 3 aromatic heterocycles. The molecule has 0 aliphatic carbocycles. The number of fused-ring (bicyclic) bond motifs is 1. The molecule has 0 spiro atoms. The summed E-state index contributed by atoms with van der Waals surface area (Å²) in [5, 5.41) is 1.12. The number of nitrogens with zero attached hydrogens (tertiary/aromatic N) is 3. The normalized spacial score (nSPS) is 10.6. The Morgan fingerprint density at radius 3 is 2.94 bits per heavy atom. The second-order valence-corrected chi connectivity index (χ2v) is 3.86. The number of nitrogens with one attached hydrogen (secondary N) is 1. The quantitative estimate of drug-likeness (QED) is 0.728. The largest absolute Gasteiger partial charge is 0.346 e. The first-order valence-corrected chi connectivity index (χ1v) is 5.42. The molecule has 84 valence electrons. The summed E-state index contributed by atoms with van der Waals surface area (Å²) in [6.45, 7) is 0. The first-order chi connectivity index (χ1) is 8.34. The molecule has 0 aliphatic rings. The Kier molecular flexibility index (Phi) is 2.26. The molecule has 1 N–H and O–H groups in total. The lowest BCUT2D eigenvalue weighted by atomic mass is 10.3. The van der Waals surface area contributed by atoms with Crippen LogP contribution in [0.2, 0.25) is 0 Å². The molecule has 0 atom stereocenters. The van der Waals surface area contributed by atoms with Gasteiger partial charge >= 0.3 is 0 Å². The van der Waals surface area contributed by atoms with E-state index in [1.54, 1.807) is 6.20 Å². The van der Waals surface area contributed by atoms with Crippen molar-refractivity contribution in [2.75, 3.05) is 11.9 Å². The van der Waals surface area contributed by atoms with Gasteiger partial charge in [-0.2, -0.15) is 0 Å². The van der Waals surface area contributed by atoms with Crippen LogP contribution in [0.25, 0.3) is 11.0 Å². The minimum Gasteiger partial charge on any atom is -0.346 e. The van der Waals surface area contributed by atoms with Gasteiger partial charge in [-0.25, -0.2) is 4.98 Å². The number of aromatic amines is 1. The summed E-state index contributed by atoms with van der Waals surface area (Å²) >= 11 is 0. The van der Waals surface area contributed by atoms with Crippen molar-refractivity contribution in [2.45, 2.75) is 0 Å². The Hall–Kier alpha value is -2.36. The third kappa shape index (κ3) is 1.73. The molecule has 0 amide bonds. The molecule has 4 heteroatoms. The Balaban J connectivity index is 2.03. The molecule has 0 fully saturated rings. The van der Waals surface area contributed by atoms with Crippen molar-refractivity contribution in [1.29, 1.82) is 0 Å². The predicted octanol–water partition coefficient (Wildman–Crippen LogP) is 2.73. The van der Waals surface area contributed by atoms with Crippen molar-refractivity contribution in [2.24, 2.45) is 0 Å². The topological polar surface area (TPSA) is 44.8 Å². The van der Waals surface area contributed by atoms with Crippen LogP contribution >= 0.6 is 0 Å². The SMILES string of the molecule is CN(c1cccnc1)c1ccc2cc[nH]c2n1. The van der Waals surface area contributed by atoms with Gasteiger partial charge in [-0.3, -0.25) is 4.98 Å². The zero-order valence-corrected chi connectivity index (χ0v) is 9.46. The van der Waals surface area contributed by atoms with E-state index < -0.39 is 0 Å². The lowest BCUT2D eigenvalue weighted by molar-refractivity contribution is 1.12. The molecule has 0 radical (unpaired) electrons. The van der Waals surface area contributed by atoms with E-state index in [4.69, 9.17) is 0 Å². The molecule has 0 bridgehead atoms. The predicted molar refractivity (Wildman–Crippen MR) is 68.4 cm³/mol. The highest BCUT2D eigenvalue weighted by Crippen LogP contribution is 2.22. The maximum atomic E-state index is 4.55. The van der Waals surface area contributed by atoms with E-state index in [0.717, 1.165) is 22.5 Å². The van der Waals surface area contributed by atoms with E-state index in [1.165, 1.54) is 0 Å². The van der Waals surface area contributed by atoms with Gasteiger partial charge in [0.1, 0.15) is 11.5 Å². The molecule has 4 nitrogen and oxygen atoms in total. The Labute approximate surface area is 98.9 Å². The Morgan fingerprint density at radius 1 is 1.18 bits per heavy atom. The molecule has 3 aromatic rings. The molecule has 3 rings (SSSR count). The fourth-order valence-corrected chi connectivity index (χ4v) is 1.79. The van der Waals surface area contributed by atoms with Gasteiger partial charge in [0.15, 0.2) is 0 Å². The first-order valence-electron chi connectivity index (χ1n) is 5.42. The van der Waals surface area contributed by atoms with Crippen LogP contribution < -0.4 is 4.90 Å². The molecule has 0 saturated heterocycles. The van der Waals surface area contributed by atoms with Crippen molar-refractivity contribution >= 4 is 22.5 Å². The highest BCUT2D eigenvalue weighted by molar-refractivity contribution is 5.78. The van der Waals surface area contributed by atoms with Crippen LogP contribution in [0.4, 0.5) is 11.5 Å². The first kappa shape index (κ1) is 9.84. The second-order valence-electron chi connectivity index (χ2n) is 3.86. The van der Waals surface area contributed by atoms with Crippen LogP contribution in [-0.2, 0) is 0 Å². The third-order valence-electron chi connectivity index (χ3n) is 2.77. The van der Waals surface area contributed by atoms with E-state index in [-0.39, 0.29) is 0 Å². The van der Waals surface area contributed by atoms with Gasteiger partial charge in [0, 0.05) is 24.8 Å². The third-order valence-corrected chi connectivity index (χ3v) is 2.77. The molecular formula is C13H12N4. The van der Waals surface area contributed by atoms with E-state index in [1.807, 2.05) is 48.6 Å². The molecule has 0 unspecified atom stereocenters. The van der Waals surface area contributed by atoms with Gasteiger partial charge in [-0.1, -0.05) is 0 Å². The number of hydrogen-bond acceptors (Lipinski definition) is 3. The maximum absolute atomic E-state index is 4.55. The molecular weight excluding hydrogens is 212 g/mol. The molecule has 0 saturated carbocycles. The van der Waals surface area contributed by atoms with Crippen LogP contribution in [0.5, 0.6) is 0 Å². The number of H-pyrrole nitrogens is 1. The van der Waals surface area contributed by atoms with E-state index in [2.05, 4.69) is 21.0 Å². The number of anilines is 2. The number of aromatic nitrogens is 3. The second kappa shape index (κ2) is 3.90. The summed E-state index contributed by atoms with van der Waals surface area (Å²) in [5.41, 5.74) is 1.92. The van der Waals surface area contributed by atoms with Crippen molar-refractivity contribution < 1.29 is 0 Å². The van der Waals surface area contributed by atoms with Crippen LogP contribution in [0, 0.1) is 0 Å². The molecule has 17 heavy (non-hydrogen) atoms. The average Bonchev–Trinajstić information content (AvgIpc) is 2.86. The van der Waals surface area contributed by atoms with Gasteiger partial charge in [-0.15, -0.1) is 0 Å². The zero-order valence-electron chi connectivity index (χ0n) is 9.46. The van der Waals surface area contributed by atoms with E-state index in [9.17, 15) is 0 Å². The highest BCUT2D eigenvalue weighted by atomic mass is 15.2. The number of pyridine rings is 2. The van der Waals surface area contributed by atoms with Crippen molar-refractivity contribution in [1.82, 2.24) is 15.0 Å². The lowest BCUT2D eigenvalue weighted by Gasteiger charge is -2.17. The number of hydrogen-bond donors (Lipinski definition) is 1.